The quantitative estimate of drug-likeness (QED) is 0.799. The van der Waals surface area contributed by atoms with Crippen molar-refractivity contribution in [3.05, 3.63) is 60.2 Å². The number of hydrogen-bond donors (Lipinski definition) is 1. The molecular formula is C17H17N3O. The lowest BCUT2D eigenvalue weighted by Gasteiger charge is -2.04. The van der Waals surface area contributed by atoms with Gasteiger partial charge in [-0.3, -0.25) is 0 Å². The Morgan fingerprint density at radius 2 is 1.67 bits per heavy atom. The van der Waals surface area contributed by atoms with Gasteiger partial charge >= 0.3 is 0 Å². The Morgan fingerprint density at radius 3 is 2.29 bits per heavy atom. The van der Waals surface area contributed by atoms with E-state index in [1.165, 1.54) is 5.56 Å². The van der Waals surface area contributed by atoms with E-state index in [4.69, 9.17) is 10.5 Å². The molecule has 3 aromatic rings. The van der Waals surface area contributed by atoms with Crippen LogP contribution in [0.2, 0.25) is 0 Å². The number of aromatic nitrogens is 2. The fourth-order valence-corrected chi connectivity index (χ4v) is 2.19. The van der Waals surface area contributed by atoms with Gasteiger partial charge in [-0.05, 0) is 43.3 Å². The third-order valence-electron chi connectivity index (χ3n) is 3.40. The Hall–Kier alpha value is -2.75. The summed E-state index contributed by atoms with van der Waals surface area (Å²) in [6.07, 6.45) is 0. The van der Waals surface area contributed by atoms with Gasteiger partial charge in [-0.1, -0.05) is 17.7 Å². The highest BCUT2D eigenvalue weighted by Crippen LogP contribution is 2.24. The first-order chi connectivity index (χ1) is 10.2. The molecule has 21 heavy (non-hydrogen) atoms. The molecule has 0 saturated heterocycles. The maximum atomic E-state index is 6.08. The van der Waals surface area contributed by atoms with Gasteiger partial charge in [0.1, 0.15) is 11.6 Å². The van der Waals surface area contributed by atoms with Crippen molar-refractivity contribution in [2.24, 2.45) is 0 Å². The number of ether oxygens (including phenoxy) is 1. The number of hydrogen-bond acceptors (Lipinski definition) is 3. The Bertz CT molecular complexity index is 743. The van der Waals surface area contributed by atoms with E-state index in [9.17, 15) is 0 Å². The highest BCUT2D eigenvalue weighted by atomic mass is 16.5. The molecule has 0 saturated carbocycles. The fourth-order valence-electron chi connectivity index (χ4n) is 2.19. The van der Waals surface area contributed by atoms with Crippen LogP contribution in [-0.4, -0.2) is 16.9 Å². The van der Waals surface area contributed by atoms with E-state index >= 15 is 0 Å². The molecule has 0 atom stereocenters. The smallest absolute Gasteiger partial charge is 0.127 e. The SMILES string of the molecule is COc1ccc(-c2cc(N)n(-c3ccc(C)cc3)n2)cc1. The fraction of sp³-hybridized carbons (Fsp3) is 0.118. The van der Waals surface area contributed by atoms with Gasteiger partial charge < -0.3 is 10.5 Å². The topological polar surface area (TPSA) is 53.1 Å². The summed E-state index contributed by atoms with van der Waals surface area (Å²) in [5.74, 6) is 1.44. The predicted octanol–water partition coefficient (Wildman–Crippen LogP) is 3.44. The Morgan fingerprint density at radius 1 is 1.00 bits per heavy atom. The molecule has 0 spiro atoms. The second-order valence-electron chi connectivity index (χ2n) is 4.93. The summed E-state index contributed by atoms with van der Waals surface area (Å²) >= 11 is 0. The zero-order valence-electron chi connectivity index (χ0n) is 12.1. The molecule has 0 amide bonds. The van der Waals surface area contributed by atoms with Crippen LogP contribution in [0, 0.1) is 6.92 Å². The van der Waals surface area contributed by atoms with Crippen LogP contribution in [0.5, 0.6) is 5.75 Å². The van der Waals surface area contributed by atoms with Gasteiger partial charge in [0.25, 0.3) is 0 Å². The third-order valence-corrected chi connectivity index (χ3v) is 3.40. The Balaban J connectivity index is 1.98. The van der Waals surface area contributed by atoms with Crippen LogP contribution < -0.4 is 10.5 Å². The van der Waals surface area contributed by atoms with E-state index in [0.717, 1.165) is 22.7 Å². The molecule has 2 aromatic carbocycles. The van der Waals surface area contributed by atoms with Gasteiger partial charge in [0.2, 0.25) is 0 Å². The number of rotatable bonds is 3. The third kappa shape index (κ3) is 2.60. The van der Waals surface area contributed by atoms with Gasteiger partial charge in [-0.15, -0.1) is 0 Å². The van der Waals surface area contributed by atoms with Gasteiger partial charge in [0, 0.05) is 11.6 Å². The van der Waals surface area contributed by atoms with Crippen molar-refractivity contribution in [3.63, 3.8) is 0 Å². The number of benzene rings is 2. The van der Waals surface area contributed by atoms with Gasteiger partial charge in [0.05, 0.1) is 18.5 Å². The largest absolute Gasteiger partial charge is 0.497 e. The Kier molecular flexibility index (Phi) is 3.36. The number of nitrogens with two attached hydrogens (primary N) is 1. The molecule has 0 bridgehead atoms. The van der Waals surface area contributed by atoms with E-state index < -0.39 is 0 Å². The zero-order chi connectivity index (χ0) is 14.8. The molecule has 106 valence electrons. The second kappa shape index (κ2) is 5.32. The van der Waals surface area contributed by atoms with E-state index in [1.54, 1.807) is 11.8 Å². The Labute approximate surface area is 123 Å². The molecule has 1 aromatic heterocycles. The molecule has 4 heteroatoms. The van der Waals surface area contributed by atoms with E-state index in [1.807, 2.05) is 54.6 Å². The summed E-state index contributed by atoms with van der Waals surface area (Å²) in [5, 5.41) is 4.59. The standard InChI is InChI=1S/C17H17N3O/c1-12-3-7-14(8-4-12)20-17(18)11-16(19-20)13-5-9-15(21-2)10-6-13/h3-11H,18H2,1-2H3. The lowest BCUT2D eigenvalue weighted by molar-refractivity contribution is 0.415. The predicted molar refractivity (Wildman–Crippen MR) is 84.7 cm³/mol. The maximum absolute atomic E-state index is 6.08. The van der Waals surface area contributed by atoms with Crippen LogP contribution in [0.15, 0.2) is 54.6 Å². The van der Waals surface area contributed by atoms with E-state index in [0.29, 0.717) is 5.82 Å². The van der Waals surface area contributed by atoms with Crippen molar-refractivity contribution in [3.8, 4) is 22.7 Å². The second-order valence-corrected chi connectivity index (χ2v) is 4.93. The molecule has 0 aliphatic heterocycles. The number of nitrogen functional groups attached to an aromatic ring is 1. The van der Waals surface area contributed by atoms with Crippen molar-refractivity contribution in [1.82, 2.24) is 9.78 Å². The molecule has 0 unspecified atom stereocenters. The first kappa shape index (κ1) is 13.2. The summed E-state index contributed by atoms with van der Waals surface area (Å²) in [7, 11) is 1.65. The molecule has 3 rings (SSSR count). The molecule has 0 fully saturated rings. The van der Waals surface area contributed by atoms with E-state index in [2.05, 4.69) is 12.0 Å². The maximum Gasteiger partial charge on any atom is 0.127 e. The summed E-state index contributed by atoms with van der Waals surface area (Å²) in [5.41, 5.74) is 10.1. The van der Waals surface area contributed by atoms with Crippen molar-refractivity contribution in [1.29, 1.82) is 0 Å². The molecule has 1 heterocycles. The lowest BCUT2D eigenvalue weighted by atomic mass is 10.1. The first-order valence-corrected chi connectivity index (χ1v) is 6.74. The van der Waals surface area contributed by atoms with E-state index in [-0.39, 0.29) is 0 Å². The van der Waals surface area contributed by atoms with Crippen molar-refractivity contribution in [2.45, 2.75) is 6.92 Å². The van der Waals surface area contributed by atoms with Gasteiger partial charge in [0.15, 0.2) is 0 Å². The van der Waals surface area contributed by atoms with Crippen molar-refractivity contribution >= 4 is 5.82 Å². The first-order valence-electron chi connectivity index (χ1n) is 6.74. The summed E-state index contributed by atoms with van der Waals surface area (Å²) in [6, 6.07) is 17.8. The monoisotopic (exact) mass is 279 g/mol. The van der Waals surface area contributed by atoms with Crippen molar-refractivity contribution < 1.29 is 4.74 Å². The lowest BCUT2D eigenvalue weighted by Crippen LogP contribution is -2.01. The molecular weight excluding hydrogens is 262 g/mol. The van der Waals surface area contributed by atoms with Crippen LogP contribution in [0.4, 0.5) is 5.82 Å². The van der Waals surface area contributed by atoms with Crippen LogP contribution in [0.25, 0.3) is 16.9 Å². The highest BCUT2D eigenvalue weighted by molar-refractivity contribution is 5.64. The molecule has 0 radical (unpaired) electrons. The summed E-state index contributed by atoms with van der Waals surface area (Å²) < 4.78 is 6.91. The highest BCUT2D eigenvalue weighted by Gasteiger charge is 2.08. The number of aryl methyl sites for hydroxylation is 1. The molecule has 2 N–H and O–H groups in total. The molecule has 4 nitrogen and oxygen atoms in total. The van der Waals surface area contributed by atoms with Gasteiger partial charge in [-0.25, -0.2) is 4.68 Å². The average Bonchev–Trinajstić information content (AvgIpc) is 2.90. The van der Waals surface area contributed by atoms with Crippen LogP contribution in [0.3, 0.4) is 0 Å². The van der Waals surface area contributed by atoms with Crippen LogP contribution >= 0.6 is 0 Å². The average molecular weight is 279 g/mol. The number of anilines is 1. The van der Waals surface area contributed by atoms with Crippen molar-refractivity contribution in [2.75, 3.05) is 12.8 Å². The summed E-state index contributed by atoms with van der Waals surface area (Å²) in [4.78, 5) is 0. The normalized spacial score (nSPS) is 10.6. The molecule has 0 aliphatic rings. The minimum Gasteiger partial charge on any atom is -0.497 e. The zero-order valence-corrected chi connectivity index (χ0v) is 12.1. The van der Waals surface area contributed by atoms with Crippen LogP contribution in [-0.2, 0) is 0 Å². The van der Waals surface area contributed by atoms with Gasteiger partial charge in [-0.2, -0.15) is 5.10 Å². The summed E-state index contributed by atoms with van der Waals surface area (Å²) in [6.45, 7) is 2.05. The minimum atomic E-state index is 0.615. The number of methoxy groups -OCH3 is 1. The van der Waals surface area contributed by atoms with Crippen LogP contribution in [0.1, 0.15) is 5.56 Å². The molecule has 0 aliphatic carbocycles. The minimum absolute atomic E-state index is 0.615. The number of nitrogens with zero attached hydrogens (tertiary/aromatic N) is 2.